The minimum Gasteiger partial charge on any atom is -0.457 e. The molecule has 4 heteroatoms. The van der Waals surface area contributed by atoms with Crippen molar-refractivity contribution >= 4 is 23.2 Å². The van der Waals surface area contributed by atoms with Gasteiger partial charge < -0.3 is 10.1 Å². The smallest absolute Gasteiger partial charge is 0.257 e. The maximum Gasteiger partial charge on any atom is 0.257 e. The molecular weight excluding hydrogens is 346 g/mol. The topological polar surface area (TPSA) is 38.3 Å². The van der Waals surface area contributed by atoms with Crippen LogP contribution in [0, 0.1) is 0 Å². The molecule has 0 heterocycles. The second-order valence-corrected chi connectivity index (χ2v) is 6.66. The Balaban J connectivity index is 1.71. The molecule has 1 amide bonds. The number of halogens is 1. The Morgan fingerprint density at radius 2 is 1.58 bits per heavy atom. The van der Waals surface area contributed by atoms with Crippen molar-refractivity contribution in [1.29, 1.82) is 0 Å². The third kappa shape index (κ3) is 4.24. The van der Waals surface area contributed by atoms with Crippen molar-refractivity contribution in [3.05, 3.63) is 88.9 Å². The van der Waals surface area contributed by atoms with Crippen LogP contribution in [-0.2, 0) is 0 Å². The van der Waals surface area contributed by atoms with Gasteiger partial charge in [-0.25, -0.2) is 0 Å². The molecule has 0 spiro atoms. The fourth-order valence-corrected chi connectivity index (χ4v) is 2.85. The van der Waals surface area contributed by atoms with Crippen molar-refractivity contribution in [2.45, 2.75) is 19.8 Å². The Hall–Kier alpha value is -2.78. The second kappa shape index (κ2) is 8.07. The highest BCUT2D eigenvalue weighted by Crippen LogP contribution is 2.30. The lowest BCUT2D eigenvalue weighted by Gasteiger charge is -2.14. The molecule has 1 N–H and O–H groups in total. The van der Waals surface area contributed by atoms with Gasteiger partial charge in [-0.05, 0) is 53.9 Å². The number of rotatable bonds is 5. The third-order valence-corrected chi connectivity index (χ3v) is 4.33. The van der Waals surface area contributed by atoms with Crippen LogP contribution in [0.1, 0.15) is 35.7 Å². The van der Waals surface area contributed by atoms with Crippen molar-refractivity contribution in [3.63, 3.8) is 0 Å². The summed E-state index contributed by atoms with van der Waals surface area (Å²) in [4.78, 5) is 12.3. The molecule has 0 radical (unpaired) electrons. The van der Waals surface area contributed by atoms with Crippen LogP contribution < -0.4 is 10.1 Å². The fourth-order valence-electron chi connectivity index (χ4n) is 2.63. The molecule has 0 atom stereocenters. The summed E-state index contributed by atoms with van der Waals surface area (Å²) in [6.45, 7) is 4.27. The van der Waals surface area contributed by atoms with Crippen LogP contribution in [0.15, 0.2) is 72.8 Å². The predicted molar refractivity (Wildman–Crippen MR) is 106 cm³/mol. The maximum absolute atomic E-state index is 12.3. The predicted octanol–water partition coefficient (Wildman–Crippen LogP) is 6.51. The highest BCUT2D eigenvalue weighted by atomic mass is 35.5. The van der Waals surface area contributed by atoms with Crippen LogP contribution in [0.2, 0.25) is 5.02 Å². The average molecular weight is 366 g/mol. The van der Waals surface area contributed by atoms with Crippen LogP contribution in [-0.4, -0.2) is 5.91 Å². The van der Waals surface area contributed by atoms with E-state index in [4.69, 9.17) is 16.3 Å². The Labute approximate surface area is 158 Å². The number of ether oxygens (including phenoxy) is 1. The van der Waals surface area contributed by atoms with E-state index in [9.17, 15) is 4.79 Å². The first-order valence-electron chi connectivity index (χ1n) is 8.47. The molecule has 0 bridgehead atoms. The van der Waals surface area contributed by atoms with Crippen LogP contribution in [0.25, 0.3) is 0 Å². The number of nitrogens with one attached hydrogen (secondary N) is 1. The quantitative estimate of drug-likeness (QED) is 0.559. The minimum atomic E-state index is -0.241. The summed E-state index contributed by atoms with van der Waals surface area (Å²) in [6.07, 6.45) is 0. The molecular formula is C22H20ClNO2. The van der Waals surface area contributed by atoms with Gasteiger partial charge in [-0.15, -0.1) is 0 Å². The third-order valence-electron chi connectivity index (χ3n) is 4.00. The summed E-state index contributed by atoms with van der Waals surface area (Å²) < 4.78 is 6.00. The largest absolute Gasteiger partial charge is 0.457 e. The van der Waals surface area contributed by atoms with E-state index in [2.05, 4.69) is 25.2 Å². The van der Waals surface area contributed by atoms with Gasteiger partial charge >= 0.3 is 0 Å². The first-order chi connectivity index (χ1) is 12.5. The minimum absolute atomic E-state index is 0.241. The van der Waals surface area contributed by atoms with Crippen molar-refractivity contribution in [2.75, 3.05) is 5.32 Å². The van der Waals surface area contributed by atoms with Crippen LogP contribution in [0.3, 0.4) is 0 Å². The Morgan fingerprint density at radius 1 is 0.923 bits per heavy atom. The van der Waals surface area contributed by atoms with Crippen LogP contribution in [0.5, 0.6) is 11.5 Å². The maximum atomic E-state index is 12.3. The summed E-state index contributed by atoms with van der Waals surface area (Å²) in [5.74, 6) is 1.69. The SMILES string of the molecule is CC(C)c1ccccc1Oc1ccc(NC(=O)c2ccccc2Cl)cc1. The van der Waals surface area contributed by atoms with Gasteiger partial charge in [-0.1, -0.05) is 55.8 Å². The summed E-state index contributed by atoms with van der Waals surface area (Å²) in [5, 5.41) is 3.27. The second-order valence-electron chi connectivity index (χ2n) is 6.25. The van der Waals surface area contributed by atoms with E-state index >= 15 is 0 Å². The zero-order valence-electron chi connectivity index (χ0n) is 14.7. The van der Waals surface area contributed by atoms with E-state index in [0.29, 0.717) is 27.9 Å². The molecule has 0 fully saturated rings. The van der Waals surface area contributed by atoms with Crippen molar-refractivity contribution in [3.8, 4) is 11.5 Å². The van der Waals surface area contributed by atoms with Crippen molar-refractivity contribution in [2.24, 2.45) is 0 Å². The van der Waals surface area contributed by atoms with Crippen molar-refractivity contribution in [1.82, 2.24) is 0 Å². The number of benzene rings is 3. The lowest BCUT2D eigenvalue weighted by molar-refractivity contribution is 0.102. The summed E-state index contributed by atoms with van der Waals surface area (Å²) >= 11 is 6.06. The molecule has 26 heavy (non-hydrogen) atoms. The molecule has 0 aromatic heterocycles. The summed E-state index contributed by atoms with van der Waals surface area (Å²) in [6, 6.07) is 22.2. The number of hydrogen-bond donors (Lipinski definition) is 1. The van der Waals surface area contributed by atoms with E-state index in [1.165, 1.54) is 0 Å². The van der Waals surface area contributed by atoms with E-state index in [1.807, 2.05) is 42.5 Å². The monoisotopic (exact) mass is 365 g/mol. The standard InChI is InChI=1S/C22H20ClNO2/c1-15(2)18-7-4-6-10-21(18)26-17-13-11-16(12-14-17)24-22(25)19-8-3-5-9-20(19)23/h3-15H,1-2H3,(H,24,25). The number of para-hydroxylation sites is 1. The van der Waals surface area contributed by atoms with E-state index in [0.717, 1.165) is 11.3 Å². The highest BCUT2D eigenvalue weighted by molar-refractivity contribution is 6.34. The Bertz CT molecular complexity index is 904. The van der Waals surface area contributed by atoms with Gasteiger partial charge in [0.05, 0.1) is 10.6 Å². The molecule has 0 saturated carbocycles. The average Bonchev–Trinajstić information content (AvgIpc) is 2.64. The summed E-state index contributed by atoms with van der Waals surface area (Å²) in [7, 11) is 0. The van der Waals surface area contributed by atoms with Gasteiger partial charge in [-0.2, -0.15) is 0 Å². The molecule has 132 valence electrons. The molecule has 0 aliphatic heterocycles. The molecule has 0 aliphatic rings. The van der Waals surface area contributed by atoms with Crippen LogP contribution in [0.4, 0.5) is 5.69 Å². The number of carbonyl (C=O) groups excluding carboxylic acids is 1. The lowest BCUT2D eigenvalue weighted by atomic mass is 10.0. The first kappa shape index (κ1) is 18.0. The van der Waals surface area contributed by atoms with Gasteiger partial charge in [0, 0.05) is 5.69 Å². The van der Waals surface area contributed by atoms with Crippen molar-refractivity contribution < 1.29 is 9.53 Å². The molecule has 0 saturated heterocycles. The van der Waals surface area contributed by atoms with E-state index in [-0.39, 0.29) is 5.91 Å². The fraction of sp³-hybridized carbons (Fsp3) is 0.136. The first-order valence-corrected chi connectivity index (χ1v) is 8.85. The lowest BCUT2D eigenvalue weighted by Crippen LogP contribution is -2.12. The molecule has 0 unspecified atom stereocenters. The van der Waals surface area contributed by atoms with E-state index < -0.39 is 0 Å². The number of amides is 1. The highest BCUT2D eigenvalue weighted by Gasteiger charge is 2.11. The van der Waals surface area contributed by atoms with Crippen LogP contribution >= 0.6 is 11.6 Å². The number of hydrogen-bond acceptors (Lipinski definition) is 2. The Kier molecular flexibility index (Phi) is 5.59. The molecule has 0 aliphatic carbocycles. The Morgan fingerprint density at radius 3 is 2.27 bits per heavy atom. The van der Waals surface area contributed by atoms with Gasteiger partial charge in [-0.3, -0.25) is 4.79 Å². The van der Waals surface area contributed by atoms with Gasteiger partial charge in [0.2, 0.25) is 0 Å². The molecule has 3 aromatic carbocycles. The molecule has 3 aromatic rings. The van der Waals surface area contributed by atoms with Gasteiger partial charge in [0.15, 0.2) is 0 Å². The molecule has 3 rings (SSSR count). The number of anilines is 1. The summed E-state index contributed by atoms with van der Waals surface area (Å²) in [5.41, 5.74) is 2.28. The van der Waals surface area contributed by atoms with E-state index in [1.54, 1.807) is 24.3 Å². The van der Waals surface area contributed by atoms with Gasteiger partial charge in [0.25, 0.3) is 5.91 Å². The molecule has 3 nitrogen and oxygen atoms in total. The zero-order valence-corrected chi connectivity index (χ0v) is 15.5. The number of carbonyl (C=O) groups is 1. The zero-order chi connectivity index (χ0) is 18.5. The normalized spacial score (nSPS) is 10.6. The van der Waals surface area contributed by atoms with Gasteiger partial charge in [0.1, 0.15) is 11.5 Å².